The van der Waals surface area contributed by atoms with Crippen LogP contribution in [0, 0.1) is 0 Å². The second kappa shape index (κ2) is 8.73. The van der Waals surface area contributed by atoms with Gasteiger partial charge in [0.2, 0.25) is 0 Å². The van der Waals surface area contributed by atoms with Gasteiger partial charge >= 0.3 is 0 Å². The van der Waals surface area contributed by atoms with Crippen molar-refractivity contribution in [3.8, 4) is 0 Å². The van der Waals surface area contributed by atoms with E-state index in [0.717, 1.165) is 11.1 Å². The molecule has 0 heterocycles. The van der Waals surface area contributed by atoms with E-state index in [1.807, 2.05) is 60.7 Å². The smallest absolute Gasteiger partial charge is 0.115 e. The molecule has 2 unspecified atom stereocenters. The van der Waals surface area contributed by atoms with Gasteiger partial charge in [-0.25, -0.2) is 0 Å². The molecule has 0 radical (unpaired) electrons. The van der Waals surface area contributed by atoms with Crippen LogP contribution in [0.3, 0.4) is 0 Å². The van der Waals surface area contributed by atoms with E-state index < -0.39 is 36.6 Å². The zero-order valence-electron chi connectivity index (χ0n) is 14.3. The third-order valence-corrected chi connectivity index (χ3v) is 4.62. The molecule has 0 aliphatic heterocycles. The molecule has 140 valence electrons. The lowest BCUT2D eigenvalue weighted by molar-refractivity contribution is -0.250. The number of ether oxygens (including phenoxy) is 2. The van der Waals surface area contributed by atoms with Crippen molar-refractivity contribution < 1.29 is 29.9 Å². The second-order valence-electron chi connectivity index (χ2n) is 6.48. The van der Waals surface area contributed by atoms with E-state index in [-0.39, 0.29) is 13.2 Å². The first-order valence-electron chi connectivity index (χ1n) is 8.61. The fourth-order valence-corrected chi connectivity index (χ4v) is 3.11. The van der Waals surface area contributed by atoms with Crippen LogP contribution in [0.2, 0.25) is 0 Å². The fraction of sp³-hybridized carbons (Fsp3) is 0.400. The van der Waals surface area contributed by atoms with Gasteiger partial charge in [-0.05, 0) is 11.1 Å². The van der Waals surface area contributed by atoms with Crippen molar-refractivity contribution in [2.45, 2.75) is 49.8 Å². The maximum absolute atomic E-state index is 10.6. The van der Waals surface area contributed by atoms with Gasteiger partial charge in [0, 0.05) is 0 Å². The highest BCUT2D eigenvalue weighted by atomic mass is 16.5. The van der Waals surface area contributed by atoms with E-state index in [1.165, 1.54) is 0 Å². The molecule has 0 aromatic heterocycles. The van der Waals surface area contributed by atoms with Gasteiger partial charge in [-0.1, -0.05) is 60.7 Å². The highest BCUT2D eigenvalue weighted by Gasteiger charge is 2.50. The topological polar surface area (TPSA) is 99.4 Å². The number of aliphatic hydroxyl groups is 4. The number of hydrogen-bond donors (Lipinski definition) is 4. The summed E-state index contributed by atoms with van der Waals surface area (Å²) in [5.41, 5.74) is 1.74. The molecule has 0 bridgehead atoms. The Hall–Kier alpha value is -1.80. The van der Waals surface area contributed by atoms with Crippen LogP contribution in [0.1, 0.15) is 11.1 Å². The summed E-state index contributed by atoms with van der Waals surface area (Å²) >= 11 is 0. The average Bonchev–Trinajstić information content (AvgIpc) is 2.68. The third-order valence-electron chi connectivity index (χ3n) is 4.62. The first-order chi connectivity index (χ1) is 12.6. The molecule has 0 spiro atoms. The minimum absolute atomic E-state index is 0.161. The predicted molar refractivity (Wildman–Crippen MR) is 94.1 cm³/mol. The molecular weight excluding hydrogens is 336 g/mol. The van der Waals surface area contributed by atoms with Crippen molar-refractivity contribution in [3.63, 3.8) is 0 Å². The van der Waals surface area contributed by atoms with Crippen LogP contribution in [-0.2, 0) is 22.7 Å². The van der Waals surface area contributed by atoms with E-state index in [4.69, 9.17) is 9.47 Å². The molecule has 26 heavy (non-hydrogen) atoms. The van der Waals surface area contributed by atoms with Crippen LogP contribution in [0.5, 0.6) is 0 Å². The summed E-state index contributed by atoms with van der Waals surface area (Å²) in [5, 5.41) is 41.1. The maximum atomic E-state index is 10.6. The molecule has 1 saturated carbocycles. The number of rotatable bonds is 6. The molecule has 6 heteroatoms. The SMILES string of the molecule is OC1[C@@H](OCc2ccccc2)[C@H](O)C(O)[C@H](O)[C@@H]1OCc1ccccc1. The Balaban J connectivity index is 1.66. The van der Waals surface area contributed by atoms with Crippen LogP contribution >= 0.6 is 0 Å². The highest BCUT2D eigenvalue weighted by Crippen LogP contribution is 2.27. The van der Waals surface area contributed by atoms with Gasteiger partial charge in [0.15, 0.2) is 0 Å². The lowest BCUT2D eigenvalue weighted by Gasteiger charge is -2.43. The van der Waals surface area contributed by atoms with Gasteiger partial charge in [-0.15, -0.1) is 0 Å². The van der Waals surface area contributed by atoms with Crippen LogP contribution in [0.15, 0.2) is 60.7 Å². The maximum Gasteiger partial charge on any atom is 0.115 e. The summed E-state index contributed by atoms with van der Waals surface area (Å²) < 4.78 is 11.3. The summed E-state index contributed by atoms with van der Waals surface area (Å²) in [6, 6.07) is 18.6. The Morgan fingerprint density at radius 2 is 0.923 bits per heavy atom. The molecule has 6 atom stereocenters. The standard InChI is InChI=1S/C20H24O6/c21-15-16(22)19(25-11-13-7-3-1-4-8-13)18(24)20(17(15)23)26-12-14-9-5-2-6-10-14/h1-10,15-24H,11-12H2/t15?,16-,17+,18?,19-,20-/m0/s1. The molecule has 6 nitrogen and oxygen atoms in total. The van der Waals surface area contributed by atoms with Crippen molar-refractivity contribution in [3.05, 3.63) is 71.8 Å². The molecule has 2 aromatic rings. The summed E-state index contributed by atoms with van der Waals surface area (Å²) in [5.74, 6) is 0. The molecule has 3 rings (SSSR count). The molecular formula is C20H24O6. The van der Waals surface area contributed by atoms with E-state index in [1.54, 1.807) is 0 Å². The van der Waals surface area contributed by atoms with Crippen molar-refractivity contribution in [1.29, 1.82) is 0 Å². The Morgan fingerprint density at radius 1 is 0.538 bits per heavy atom. The third kappa shape index (κ3) is 4.29. The largest absolute Gasteiger partial charge is 0.387 e. The van der Waals surface area contributed by atoms with Gasteiger partial charge in [0.05, 0.1) is 13.2 Å². The molecule has 1 fully saturated rings. The molecule has 0 amide bonds. The van der Waals surface area contributed by atoms with Crippen molar-refractivity contribution in [1.82, 2.24) is 0 Å². The van der Waals surface area contributed by atoms with Gasteiger partial charge in [0.1, 0.15) is 36.6 Å². The predicted octanol–water partition coefficient (Wildman–Crippen LogP) is 0.614. The first kappa shape index (κ1) is 19.0. The monoisotopic (exact) mass is 360 g/mol. The summed E-state index contributed by atoms with van der Waals surface area (Å²) in [6.45, 7) is 0.321. The average molecular weight is 360 g/mol. The summed E-state index contributed by atoms with van der Waals surface area (Å²) in [4.78, 5) is 0. The van der Waals surface area contributed by atoms with Gasteiger partial charge in [-0.3, -0.25) is 0 Å². The minimum Gasteiger partial charge on any atom is -0.387 e. The van der Waals surface area contributed by atoms with Crippen LogP contribution in [-0.4, -0.2) is 57.0 Å². The van der Waals surface area contributed by atoms with Crippen molar-refractivity contribution in [2.75, 3.05) is 0 Å². The van der Waals surface area contributed by atoms with Gasteiger partial charge in [0.25, 0.3) is 0 Å². The second-order valence-corrected chi connectivity index (χ2v) is 6.48. The molecule has 0 saturated heterocycles. The lowest BCUT2D eigenvalue weighted by atomic mass is 9.84. The molecule has 2 aromatic carbocycles. The quantitative estimate of drug-likeness (QED) is 0.603. The number of benzene rings is 2. The highest BCUT2D eigenvalue weighted by molar-refractivity contribution is 5.15. The van der Waals surface area contributed by atoms with Gasteiger partial charge < -0.3 is 29.9 Å². The molecule has 1 aliphatic carbocycles. The number of hydrogen-bond acceptors (Lipinski definition) is 6. The first-order valence-corrected chi connectivity index (χ1v) is 8.61. The summed E-state index contributed by atoms with van der Waals surface area (Å²) in [7, 11) is 0. The normalized spacial score (nSPS) is 31.7. The number of aliphatic hydroxyl groups excluding tert-OH is 4. The Bertz CT molecular complexity index is 607. The molecule has 4 N–H and O–H groups in total. The zero-order valence-corrected chi connectivity index (χ0v) is 14.3. The van der Waals surface area contributed by atoms with E-state index in [9.17, 15) is 20.4 Å². The van der Waals surface area contributed by atoms with E-state index >= 15 is 0 Å². The van der Waals surface area contributed by atoms with E-state index in [2.05, 4.69) is 0 Å². The van der Waals surface area contributed by atoms with Gasteiger partial charge in [-0.2, -0.15) is 0 Å². The zero-order chi connectivity index (χ0) is 18.5. The van der Waals surface area contributed by atoms with Crippen molar-refractivity contribution >= 4 is 0 Å². The van der Waals surface area contributed by atoms with Crippen LogP contribution in [0.25, 0.3) is 0 Å². The Labute approximate surface area is 152 Å². The fourth-order valence-electron chi connectivity index (χ4n) is 3.11. The lowest BCUT2D eigenvalue weighted by Crippen LogP contribution is -2.64. The van der Waals surface area contributed by atoms with Crippen LogP contribution in [0.4, 0.5) is 0 Å². The Kier molecular flexibility index (Phi) is 6.37. The minimum atomic E-state index is -1.47. The Morgan fingerprint density at radius 3 is 1.31 bits per heavy atom. The van der Waals surface area contributed by atoms with Crippen LogP contribution < -0.4 is 0 Å². The van der Waals surface area contributed by atoms with Crippen molar-refractivity contribution in [2.24, 2.45) is 0 Å². The molecule has 1 aliphatic rings. The summed E-state index contributed by atoms with van der Waals surface area (Å²) in [6.07, 6.45) is -7.74. The van der Waals surface area contributed by atoms with E-state index in [0.29, 0.717) is 0 Å².